The molecule has 1 amide bonds. The number of ether oxygens (including phenoxy) is 2. The summed E-state index contributed by atoms with van der Waals surface area (Å²) in [6.07, 6.45) is 0. The van der Waals surface area contributed by atoms with Crippen molar-refractivity contribution in [2.75, 3.05) is 13.7 Å². The molecule has 6 heteroatoms. The van der Waals surface area contributed by atoms with Crippen LogP contribution in [0.2, 0.25) is 5.02 Å². The van der Waals surface area contributed by atoms with Crippen molar-refractivity contribution in [3.8, 4) is 5.75 Å². The van der Waals surface area contributed by atoms with Gasteiger partial charge in [0.05, 0.1) is 13.7 Å². The standard InChI is InChI=1S/C10H13ClN2O3/c1-15-8-3-2-7(9(11)4-8)5-16-6-10(14)13-12/h2-4H,5-6,12H2,1H3,(H,13,14). The molecule has 0 heterocycles. The van der Waals surface area contributed by atoms with Gasteiger partial charge in [0.2, 0.25) is 0 Å². The van der Waals surface area contributed by atoms with E-state index < -0.39 is 0 Å². The largest absolute Gasteiger partial charge is 0.497 e. The van der Waals surface area contributed by atoms with Crippen LogP contribution in [0.25, 0.3) is 0 Å². The smallest absolute Gasteiger partial charge is 0.259 e. The van der Waals surface area contributed by atoms with Crippen molar-refractivity contribution < 1.29 is 14.3 Å². The van der Waals surface area contributed by atoms with Crippen LogP contribution in [0.1, 0.15) is 5.56 Å². The lowest BCUT2D eigenvalue weighted by atomic mass is 10.2. The lowest BCUT2D eigenvalue weighted by Crippen LogP contribution is -2.33. The third-order valence-corrected chi connectivity index (χ3v) is 2.26. The summed E-state index contributed by atoms with van der Waals surface area (Å²) in [5.74, 6) is 5.19. The second kappa shape index (κ2) is 6.32. The van der Waals surface area contributed by atoms with Crippen LogP contribution in [-0.4, -0.2) is 19.6 Å². The first-order chi connectivity index (χ1) is 7.67. The Morgan fingerprint density at radius 3 is 2.88 bits per heavy atom. The molecule has 1 aromatic rings. The van der Waals surface area contributed by atoms with Crippen LogP contribution in [0.5, 0.6) is 5.75 Å². The van der Waals surface area contributed by atoms with E-state index in [9.17, 15) is 4.79 Å². The van der Waals surface area contributed by atoms with E-state index in [1.54, 1.807) is 25.3 Å². The Balaban J connectivity index is 2.51. The Morgan fingerprint density at radius 2 is 2.31 bits per heavy atom. The number of rotatable bonds is 5. The number of hydrogen-bond acceptors (Lipinski definition) is 4. The van der Waals surface area contributed by atoms with E-state index in [2.05, 4.69) is 0 Å². The molecule has 0 aliphatic rings. The van der Waals surface area contributed by atoms with Gasteiger partial charge in [-0.05, 0) is 17.7 Å². The molecule has 88 valence electrons. The normalized spacial score (nSPS) is 9.94. The van der Waals surface area contributed by atoms with Gasteiger partial charge in [0.15, 0.2) is 0 Å². The van der Waals surface area contributed by atoms with Crippen molar-refractivity contribution in [1.82, 2.24) is 5.43 Å². The topological polar surface area (TPSA) is 73.6 Å². The molecule has 16 heavy (non-hydrogen) atoms. The van der Waals surface area contributed by atoms with Gasteiger partial charge >= 0.3 is 0 Å². The van der Waals surface area contributed by atoms with E-state index in [1.165, 1.54) is 0 Å². The number of carbonyl (C=O) groups is 1. The zero-order valence-corrected chi connectivity index (χ0v) is 9.58. The van der Waals surface area contributed by atoms with Gasteiger partial charge in [-0.15, -0.1) is 0 Å². The highest BCUT2D eigenvalue weighted by atomic mass is 35.5. The third kappa shape index (κ3) is 3.69. The third-order valence-electron chi connectivity index (χ3n) is 1.91. The average Bonchev–Trinajstić information content (AvgIpc) is 2.30. The zero-order valence-electron chi connectivity index (χ0n) is 8.83. The molecule has 0 aliphatic heterocycles. The minimum atomic E-state index is -0.385. The van der Waals surface area contributed by atoms with Crippen molar-refractivity contribution in [3.63, 3.8) is 0 Å². The van der Waals surface area contributed by atoms with Crippen LogP contribution in [0.3, 0.4) is 0 Å². The molecule has 0 fully saturated rings. The second-order valence-corrected chi connectivity index (χ2v) is 3.42. The molecule has 0 aromatic heterocycles. The molecule has 0 saturated carbocycles. The number of methoxy groups -OCH3 is 1. The lowest BCUT2D eigenvalue weighted by molar-refractivity contribution is -0.126. The maximum Gasteiger partial charge on any atom is 0.259 e. The first-order valence-corrected chi connectivity index (χ1v) is 4.94. The van der Waals surface area contributed by atoms with Crippen molar-refractivity contribution in [1.29, 1.82) is 0 Å². The maximum atomic E-state index is 10.8. The van der Waals surface area contributed by atoms with E-state index in [-0.39, 0.29) is 19.1 Å². The summed E-state index contributed by atoms with van der Waals surface area (Å²) in [5.41, 5.74) is 2.75. The highest BCUT2D eigenvalue weighted by Crippen LogP contribution is 2.22. The van der Waals surface area contributed by atoms with E-state index >= 15 is 0 Å². The van der Waals surface area contributed by atoms with Gasteiger partial charge in [-0.25, -0.2) is 5.84 Å². The Kier molecular flexibility index (Phi) is 5.04. The Bertz CT molecular complexity index is 371. The van der Waals surface area contributed by atoms with Crippen molar-refractivity contribution in [2.45, 2.75) is 6.61 Å². The minimum absolute atomic E-state index is 0.0984. The van der Waals surface area contributed by atoms with Crippen LogP contribution < -0.4 is 16.0 Å². The number of amides is 1. The van der Waals surface area contributed by atoms with Crippen molar-refractivity contribution in [3.05, 3.63) is 28.8 Å². The summed E-state index contributed by atoms with van der Waals surface area (Å²) < 4.78 is 10.1. The van der Waals surface area contributed by atoms with Crippen LogP contribution in [0.4, 0.5) is 0 Å². The number of nitrogens with one attached hydrogen (secondary N) is 1. The second-order valence-electron chi connectivity index (χ2n) is 3.02. The molecule has 0 bridgehead atoms. The summed E-state index contributed by atoms with van der Waals surface area (Å²) in [7, 11) is 1.56. The SMILES string of the molecule is COc1ccc(COCC(=O)NN)c(Cl)c1. The number of carbonyl (C=O) groups excluding carboxylic acids is 1. The molecule has 0 aliphatic carbocycles. The fraction of sp³-hybridized carbons (Fsp3) is 0.300. The highest BCUT2D eigenvalue weighted by molar-refractivity contribution is 6.31. The summed E-state index contributed by atoms with van der Waals surface area (Å²) >= 11 is 5.97. The molecular weight excluding hydrogens is 232 g/mol. The molecule has 0 saturated heterocycles. The summed E-state index contributed by atoms with van der Waals surface area (Å²) in [4.78, 5) is 10.8. The Labute approximate surface area is 98.4 Å². The van der Waals surface area contributed by atoms with E-state index in [0.717, 1.165) is 5.56 Å². The number of halogens is 1. The van der Waals surface area contributed by atoms with Gasteiger partial charge in [0.25, 0.3) is 5.91 Å². The molecule has 5 nitrogen and oxygen atoms in total. The molecular formula is C10H13ClN2O3. The van der Waals surface area contributed by atoms with Crippen LogP contribution >= 0.6 is 11.6 Å². The van der Waals surface area contributed by atoms with Gasteiger partial charge in [0, 0.05) is 5.02 Å². The average molecular weight is 245 g/mol. The molecule has 1 aromatic carbocycles. The maximum absolute atomic E-state index is 10.8. The summed E-state index contributed by atoms with van der Waals surface area (Å²) in [6, 6.07) is 5.23. The predicted octanol–water partition coefficient (Wildman–Crippen LogP) is 0.855. The molecule has 0 unspecified atom stereocenters. The summed E-state index contributed by atoms with van der Waals surface area (Å²) in [6.45, 7) is 0.148. The van der Waals surface area contributed by atoms with E-state index in [0.29, 0.717) is 10.8 Å². The first-order valence-electron chi connectivity index (χ1n) is 4.57. The van der Waals surface area contributed by atoms with Crippen LogP contribution in [0.15, 0.2) is 18.2 Å². The Hall–Kier alpha value is -1.30. The number of benzene rings is 1. The van der Waals surface area contributed by atoms with Gasteiger partial charge in [0.1, 0.15) is 12.4 Å². The number of hydrazine groups is 1. The van der Waals surface area contributed by atoms with Gasteiger partial charge in [-0.2, -0.15) is 0 Å². The van der Waals surface area contributed by atoms with Gasteiger partial charge in [-0.1, -0.05) is 17.7 Å². The van der Waals surface area contributed by atoms with Gasteiger partial charge < -0.3 is 9.47 Å². The lowest BCUT2D eigenvalue weighted by Gasteiger charge is -2.07. The minimum Gasteiger partial charge on any atom is -0.497 e. The Morgan fingerprint density at radius 1 is 1.56 bits per heavy atom. The van der Waals surface area contributed by atoms with E-state index in [4.69, 9.17) is 26.9 Å². The molecule has 0 spiro atoms. The van der Waals surface area contributed by atoms with Crippen molar-refractivity contribution >= 4 is 17.5 Å². The monoisotopic (exact) mass is 244 g/mol. The molecule has 1 rings (SSSR count). The fourth-order valence-corrected chi connectivity index (χ4v) is 1.29. The predicted molar refractivity (Wildman–Crippen MR) is 60.0 cm³/mol. The molecule has 0 atom stereocenters. The number of hydrogen-bond donors (Lipinski definition) is 2. The van der Waals surface area contributed by atoms with Crippen LogP contribution in [-0.2, 0) is 16.1 Å². The quantitative estimate of drug-likeness (QED) is 0.458. The zero-order chi connectivity index (χ0) is 12.0. The summed E-state index contributed by atoms with van der Waals surface area (Å²) in [5, 5.41) is 0.535. The molecule has 3 N–H and O–H groups in total. The highest BCUT2D eigenvalue weighted by Gasteiger charge is 2.04. The number of nitrogens with two attached hydrogens (primary N) is 1. The van der Waals surface area contributed by atoms with E-state index in [1.807, 2.05) is 5.43 Å². The van der Waals surface area contributed by atoms with Crippen molar-refractivity contribution in [2.24, 2.45) is 5.84 Å². The fourth-order valence-electron chi connectivity index (χ4n) is 1.07. The molecule has 0 radical (unpaired) electrons. The van der Waals surface area contributed by atoms with Crippen LogP contribution in [0, 0.1) is 0 Å². The first kappa shape index (κ1) is 12.8. The van der Waals surface area contributed by atoms with Gasteiger partial charge in [-0.3, -0.25) is 10.2 Å².